The number of anilines is 1. The number of amides is 1. The van der Waals surface area contributed by atoms with Crippen molar-refractivity contribution in [2.45, 2.75) is 13.8 Å². The molecular weight excluding hydrogens is 386 g/mol. The lowest BCUT2D eigenvalue weighted by atomic mass is 10.1. The summed E-state index contributed by atoms with van der Waals surface area (Å²) in [4.78, 5) is 24.1. The molecule has 8 nitrogen and oxygen atoms in total. The van der Waals surface area contributed by atoms with Gasteiger partial charge in [-0.2, -0.15) is 15.4 Å². The van der Waals surface area contributed by atoms with Gasteiger partial charge >= 0.3 is 5.97 Å². The first kappa shape index (κ1) is 20.6. The van der Waals surface area contributed by atoms with Gasteiger partial charge in [-0.15, -0.1) is 0 Å². The van der Waals surface area contributed by atoms with Gasteiger partial charge in [-0.25, -0.2) is 4.79 Å². The SMILES string of the molecule is CCOc1cc(/C=C2\C(=O)N(c3cccc(C(=O)O)c3)N=C2C)ccc1OCC#N. The smallest absolute Gasteiger partial charge is 0.335 e. The first-order valence-electron chi connectivity index (χ1n) is 9.16. The van der Waals surface area contributed by atoms with Crippen LogP contribution in [0, 0.1) is 11.3 Å². The average molecular weight is 405 g/mol. The summed E-state index contributed by atoms with van der Waals surface area (Å²) < 4.78 is 10.9. The van der Waals surface area contributed by atoms with Crippen LogP contribution in [0.2, 0.25) is 0 Å². The van der Waals surface area contributed by atoms with E-state index in [-0.39, 0.29) is 18.1 Å². The minimum Gasteiger partial charge on any atom is -0.490 e. The number of nitrogens with zero attached hydrogens (tertiary/aromatic N) is 3. The van der Waals surface area contributed by atoms with Gasteiger partial charge < -0.3 is 14.6 Å². The van der Waals surface area contributed by atoms with Crippen LogP contribution in [0.15, 0.2) is 53.1 Å². The Morgan fingerprint density at radius 1 is 1.23 bits per heavy atom. The first-order valence-corrected chi connectivity index (χ1v) is 9.16. The first-order chi connectivity index (χ1) is 14.4. The van der Waals surface area contributed by atoms with E-state index >= 15 is 0 Å². The molecule has 1 N–H and O–H groups in total. The molecule has 0 spiro atoms. The van der Waals surface area contributed by atoms with Gasteiger partial charge in [0, 0.05) is 0 Å². The normalized spacial score (nSPS) is 14.4. The molecule has 3 rings (SSSR count). The molecular formula is C22H19N3O5. The van der Waals surface area contributed by atoms with Crippen LogP contribution in [0.1, 0.15) is 29.8 Å². The van der Waals surface area contributed by atoms with E-state index < -0.39 is 5.97 Å². The molecule has 0 unspecified atom stereocenters. The maximum Gasteiger partial charge on any atom is 0.335 e. The number of hydrazone groups is 1. The zero-order valence-electron chi connectivity index (χ0n) is 16.5. The van der Waals surface area contributed by atoms with Gasteiger partial charge in [-0.05, 0) is 55.8 Å². The summed E-state index contributed by atoms with van der Waals surface area (Å²) in [6, 6.07) is 13.1. The van der Waals surface area contributed by atoms with Crippen LogP contribution in [0.5, 0.6) is 11.5 Å². The van der Waals surface area contributed by atoms with Crippen molar-refractivity contribution < 1.29 is 24.2 Å². The molecule has 0 radical (unpaired) electrons. The maximum atomic E-state index is 12.9. The number of hydrogen-bond donors (Lipinski definition) is 1. The highest BCUT2D eigenvalue weighted by Gasteiger charge is 2.29. The van der Waals surface area contributed by atoms with Gasteiger partial charge in [-0.1, -0.05) is 12.1 Å². The lowest BCUT2D eigenvalue weighted by Crippen LogP contribution is -2.21. The van der Waals surface area contributed by atoms with Crippen molar-refractivity contribution in [1.29, 1.82) is 5.26 Å². The Morgan fingerprint density at radius 3 is 2.73 bits per heavy atom. The number of ether oxygens (including phenoxy) is 2. The summed E-state index contributed by atoms with van der Waals surface area (Å²) in [5.41, 5.74) is 2.02. The summed E-state index contributed by atoms with van der Waals surface area (Å²) in [5, 5.41) is 23.3. The van der Waals surface area contributed by atoms with Crippen LogP contribution >= 0.6 is 0 Å². The summed E-state index contributed by atoms with van der Waals surface area (Å²) >= 11 is 0. The fraction of sp³-hybridized carbons (Fsp3) is 0.182. The molecule has 0 atom stereocenters. The molecule has 1 aliphatic heterocycles. The van der Waals surface area contributed by atoms with Crippen molar-refractivity contribution >= 4 is 29.4 Å². The van der Waals surface area contributed by atoms with Crippen molar-refractivity contribution in [1.82, 2.24) is 0 Å². The number of rotatable bonds is 7. The molecule has 0 saturated carbocycles. The fourth-order valence-corrected chi connectivity index (χ4v) is 2.91. The predicted octanol–water partition coefficient (Wildman–Crippen LogP) is 3.49. The monoisotopic (exact) mass is 405 g/mol. The molecule has 0 fully saturated rings. The third kappa shape index (κ3) is 4.31. The summed E-state index contributed by atoms with van der Waals surface area (Å²) in [7, 11) is 0. The van der Waals surface area contributed by atoms with Crippen molar-refractivity contribution in [3.8, 4) is 17.6 Å². The number of hydrogen-bond acceptors (Lipinski definition) is 6. The Bertz CT molecular complexity index is 1100. The number of carboxylic acids is 1. The Labute approximate surface area is 173 Å². The standard InChI is InChI=1S/C22H19N3O5/c1-3-29-20-12-15(7-8-19(20)30-10-9-23)11-18-14(2)24-25(21(18)26)17-6-4-5-16(13-17)22(27)28/h4-8,11-13H,3,10H2,1-2H3,(H,27,28)/b18-11-. The van der Waals surface area contributed by atoms with Crippen molar-refractivity contribution in [2.75, 3.05) is 18.2 Å². The highest BCUT2D eigenvalue weighted by atomic mass is 16.5. The molecule has 0 aliphatic carbocycles. The summed E-state index contributed by atoms with van der Waals surface area (Å²) in [5.74, 6) is -0.538. The number of carbonyl (C=O) groups excluding carboxylic acids is 1. The number of aromatic carboxylic acids is 1. The van der Waals surface area contributed by atoms with Crippen molar-refractivity contribution in [3.05, 3.63) is 59.2 Å². The Hall–Kier alpha value is -4.12. The zero-order chi connectivity index (χ0) is 21.7. The molecule has 2 aromatic carbocycles. The van der Waals surface area contributed by atoms with Crippen LogP contribution in [-0.2, 0) is 4.79 Å². The van der Waals surface area contributed by atoms with Gasteiger partial charge in [-0.3, -0.25) is 4.79 Å². The molecule has 1 amide bonds. The minimum absolute atomic E-state index is 0.0693. The second kappa shape index (κ2) is 8.92. The van der Waals surface area contributed by atoms with E-state index in [1.165, 1.54) is 17.1 Å². The second-order valence-corrected chi connectivity index (χ2v) is 6.30. The Balaban J connectivity index is 1.91. The number of carboxylic acid groups (broad SMARTS) is 1. The third-order valence-electron chi connectivity index (χ3n) is 4.27. The van der Waals surface area contributed by atoms with E-state index in [2.05, 4.69) is 5.10 Å². The minimum atomic E-state index is -1.08. The molecule has 152 valence electrons. The summed E-state index contributed by atoms with van der Waals surface area (Å²) in [6.07, 6.45) is 1.68. The van der Waals surface area contributed by atoms with Gasteiger partial charge in [0.2, 0.25) is 0 Å². The highest BCUT2D eigenvalue weighted by molar-refractivity contribution is 6.32. The van der Waals surface area contributed by atoms with E-state index in [9.17, 15) is 14.7 Å². The molecule has 0 aromatic heterocycles. The van der Waals surface area contributed by atoms with Crippen LogP contribution in [-0.4, -0.2) is 35.9 Å². The van der Waals surface area contributed by atoms with Gasteiger partial charge in [0.25, 0.3) is 5.91 Å². The second-order valence-electron chi connectivity index (χ2n) is 6.30. The predicted molar refractivity (Wildman–Crippen MR) is 111 cm³/mol. The van der Waals surface area contributed by atoms with Gasteiger partial charge in [0.15, 0.2) is 18.1 Å². The van der Waals surface area contributed by atoms with Crippen molar-refractivity contribution in [3.63, 3.8) is 0 Å². The van der Waals surface area contributed by atoms with Gasteiger partial charge in [0.05, 0.1) is 29.1 Å². The molecule has 30 heavy (non-hydrogen) atoms. The molecule has 1 heterocycles. The van der Waals surface area contributed by atoms with Crippen LogP contribution in [0.4, 0.5) is 5.69 Å². The Kier molecular flexibility index (Phi) is 6.13. The molecule has 0 saturated heterocycles. The summed E-state index contributed by atoms with van der Waals surface area (Å²) in [6.45, 7) is 3.85. The molecule has 2 aromatic rings. The lowest BCUT2D eigenvalue weighted by molar-refractivity contribution is -0.114. The van der Waals surface area contributed by atoms with Crippen LogP contribution in [0.3, 0.4) is 0 Å². The maximum absolute atomic E-state index is 12.9. The number of benzene rings is 2. The van der Waals surface area contributed by atoms with E-state index in [0.29, 0.717) is 40.6 Å². The third-order valence-corrected chi connectivity index (χ3v) is 4.27. The van der Waals surface area contributed by atoms with Crippen LogP contribution in [0.25, 0.3) is 6.08 Å². The van der Waals surface area contributed by atoms with E-state index in [1.807, 2.05) is 13.0 Å². The number of nitriles is 1. The van der Waals surface area contributed by atoms with E-state index in [4.69, 9.17) is 14.7 Å². The molecule has 0 bridgehead atoms. The number of carbonyl (C=O) groups is 2. The average Bonchev–Trinajstić information content (AvgIpc) is 3.02. The van der Waals surface area contributed by atoms with Gasteiger partial charge in [0.1, 0.15) is 6.07 Å². The quantitative estimate of drug-likeness (QED) is 0.706. The zero-order valence-corrected chi connectivity index (χ0v) is 16.5. The largest absolute Gasteiger partial charge is 0.490 e. The Morgan fingerprint density at radius 2 is 2.03 bits per heavy atom. The lowest BCUT2D eigenvalue weighted by Gasteiger charge is -2.12. The topological polar surface area (TPSA) is 112 Å². The van der Waals surface area contributed by atoms with E-state index in [1.54, 1.807) is 43.3 Å². The fourth-order valence-electron chi connectivity index (χ4n) is 2.91. The van der Waals surface area contributed by atoms with E-state index in [0.717, 1.165) is 0 Å². The van der Waals surface area contributed by atoms with Crippen LogP contribution < -0.4 is 14.5 Å². The molecule has 1 aliphatic rings. The molecule has 8 heteroatoms. The highest BCUT2D eigenvalue weighted by Crippen LogP contribution is 2.31. The van der Waals surface area contributed by atoms with Crippen molar-refractivity contribution in [2.24, 2.45) is 5.10 Å².